The van der Waals surface area contributed by atoms with E-state index in [9.17, 15) is 9.59 Å². The van der Waals surface area contributed by atoms with Crippen molar-refractivity contribution in [2.45, 2.75) is 51.2 Å². The van der Waals surface area contributed by atoms with E-state index < -0.39 is 0 Å². The maximum Gasteiger partial charge on any atom is 0.319 e. The molecule has 2 heterocycles. The lowest BCUT2D eigenvalue weighted by Crippen LogP contribution is -2.42. The molecule has 0 saturated carbocycles. The minimum Gasteiger partial charge on any atom is -0.336 e. The summed E-state index contributed by atoms with van der Waals surface area (Å²) in [6.07, 6.45) is 3.17. The van der Waals surface area contributed by atoms with Crippen molar-refractivity contribution in [2.75, 3.05) is 18.4 Å². The van der Waals surface area contributed by atoms with Crippen molar-refractivity contribution in [2.24, 2.45) is 0 Å². The molecule has 0 spiro atoms. The summed E-state index contributed by atoms with van der Waals surface area (Å²) in [5.74, 6) is 0.0686. The van der Waals surface area contributed by atoms with E-state index in [-0.39, 0.29) is 24.0 Å². The molecule has 2 fully saturated rings. The standard InChI is InChI=1S/C18H26N4O2/c1-12(2)20-18(24)21-14-5-3-4-13(10-14)17(23)22-15-6-7-16(22)11-19-9-8-15/h3-5,10,12,15-16,19H,6-9,11H2,1-2H3,(H2,20,21,24). The molecular formula is C18H26N4O2. The highest BCUT2D eigenvalue weighted by Crippen LogP contribution is 2.30. The first-order valence-corrected chi connectivity index (χ1v) is 8.75. The van der Waals surface area contributed by atoms with Gasteiger partial charge in [-0.3, -0.25) is 4.79 Å². The molecule has 2 unspecified atom stereocenters. The normalized spacial score (nSPS) is 23.0. The monoisotopic (exact) mass is 330 g/mol. The molecule has 6 heteroatoms. The van der Waals surface area contributed by atoms with Crippen molar-refractivity contribution in [1.82, 2.24) is 15.5 Å². The van der Waals surface area contributed by atoms with Crippen LogP contribution in [0.3, 0.4) is 0 Å². The summed E-state index contributed by atoms with van der Waals surface area (Å²) in [7, 11) is 0. The Morgan fingerprint density at radius 1 is 1.21 bits per heavy atom. The summed E-state index contributed by atoms with van der Waals surface area (Å²) in [6.45, 7) is 5.66. The fourth-order valence-electron chi connectivity index (χ4n) is 3.62. The minimum absolute atomic E-state index is 0.0649. The van der Waals surface area contributed by atoms with E-state index in [4.69, 9.17) is 0 Å². The van der Waals surface area contributed by atoms with Crippen molar-refractivity contribution >= 4 is 17.6 Å². The van der Waals surface area contributed by atoms with Gasteiger partial charge in [-0.2, -0.15) is 0 Å². The highest BCUT2D eigenvalue weighted by Gasteiger charge is 2.38. The zero-order valence-corrected chi connectivity index (χ0v) is 14.3. The van der Waals surface area contributed by atoms with Crippen molar-refractivity contribution in [3.63, 3.8) is 0 Å². The SMILES string of the molecule is CC(C)NC(=O)Nc1cccc(C(=O)N2C3CCNCC2CC3)c1. The van der Waals surface area contributed by atoms with Gasteiger partial charge in [0.05, 0.1) is 0 Å². The molecular weight excluding hydrogens is 304 g/mol. The Morgan fingerprint density at radius 3 is 2.79 bits per heavy atom. The first-order valence-electron chi connectivity index (χ1n) is 8.75. The van der Waals surface area contributed by atoms with Crippen LogP contribution in [0.2, 0.25) is 0 Å². The quantitative estimate of drug-likeness (QED) is 0.795. The molecule has 24 heavy (non-hydrogen) atoms. The fourth-order valence-corrected chi connectivity index (χ4v) is 3.62. The number of hydrogen-bond acceptors (Lipinski definition) is 3. The van der Waals surface area contributed by atoms with Crippen LogP contribution in [-0.4, -0.2) is 48.1 Å². The van der Waals surface area contributed by atoms with Crippen LogP contribution < -0.4 is 16.0 Å². The lowest BCUT2D eigenvalue weighted by molar-refractivity contribution is 0.0680. The third-order valence-corrected chi connectivity index (χ3v) is 4.68. The average Bonchev–Trinajstić information content (AvgIpc) is 2.79. The molecule has 3 rings (SSSR count). The first kappa shape index (κ1) is 16.8. The molecule has 3 N–H and O–H groups in total. The topological polar surface area (TPSA) is 73.5 Å². The number of fused-ring (bicyclic) bond motifs is 2. The van der Waals surface area contributed by atoms with Crippen LogP contribution in [0, 0.1) is 0 Å². The Labute approximate surface area is 143 Å². The van der Waals surface area contributed by atoms with Crippen LogP contribution in [-0.2, 0) is 0 Å². The molecule has 2 saturated heterocycles. The van der Waals surface area contributed by atoms with Gasteiger partial charge in [0.25, 0.3) is 5.91 Å². The smallest absolute Gasteiger partial charge is 0.319 e. The van der Waals surface area contributed by atoms with Gasteiger partial charge in [-0.25, -0.2) is 4.79 Å². The molecule has 2 atom stereocenters. The molecule has 2 bridgehead atoms. The van der Waals surface area contributed by atoms with Crippen molar-refractivity contribution in [3.05, 3.63) is 29.8 Å². The Balaban J connectivity index is 1.73. The van der Waals surface area contributed by atoms with Crippen molar-refractivity contribution in [3.8, 4) is 0 Å². The second-order valence-electron chi connectivity index (χ2n) is 6.92. The van der Waals surface area contributed by atoms with E-state index in [1.54, 1.807) is 12.1 Å². The Morgan fingerprint density at radius 2 is 2.00 bits per heavy atom. The number of benzene rings is 1. The van der Waals surface area contributed by atoms with Crippen LogP contribution in [0.15, 0.2) is 24.3 Å². The Bertz CT molecular complexity index is 603. The van der Waals surface area contributed by atoms with Crippen LogP contribution in [0.5, 0.6) is 0 Å². The largest absolute Gasteiger partial charge is 0.336 e. The molecule has 2 aliphatic rings. The van der Waals surface area contributed by atoms with Crippen molar-refractivity contribution < 1.29 is 9.59 Å². The lowest BCUT2D eigenvalue weighted by Gasteiger charge is -2.28. The second kappa shape index (κ2) is 7.21. The highest BCUT2D eigenvalue weighted by molar-refractivity contribution is 5.97. The number of carbonyl (C=O) groups is 2. The number of urea groups is 1. The molecule has 1 aromatic rings. The number of nitrogens with one attached hydrogen (secondary N) is 3. The van der Waals surface area contributed by atoms with Gasteiger partial charge in [-0.15, -0.1) is 0 Å². The maximum atomic E-state index is 13.0. The zero-order chi connectivity index (χ0) is 17.1. The third kappa shape index (κ3) is 3.70. The summed E-state index contributed by atoms with van der Waals surface area (Å²) >= 11 is 0. The zero-order valence-electron chi connectivity index (χ0n) is 14.3. The predicted octanol–water partition coefficient (Wildman–Crippen LogP) is 2.18. The molecule has 2 aliphatic heterocycles. The number of hydrogen-bond donors (Lipinski definition) is 3. The van der Waals surface area contributed by atoms with Crippen molar-refractivity contribution in [1.29, 1.82) is 0 Å². The van der Waals surface area contributed by atoms with E-state index in [2.05, 4.69) is 16.0 Å². The number of nitrogens with zero attached hydrogens (tertiary/aromatic N) is 1. The fraction of sp³-hybridized carbons (Fsp3) is 0.556. The van der Waals surface area contributed by atoms with Gasteiger partial charge < -0.3 is 20.9 Å². The van der Waals surface area contributed by atoms with E-state index in [1.807, 2.05) is 30.9 Å². The number of anilines is 1. The van der Waals surface area contributed by atoms with E-state index in [1.165, 1.54) is 0 Å². The highest BCUT2D eigenvalue weighted by atomic mass is 16.2. The van der Waals surface area contributed by atoms with Gasteiger partial charge >= 0.3 is 6.03 Å². The van der Waals surface area contributed by atoms with Crippen LogP contribution >= 0.6 is 0 Å². The molecule has 0 radical (unpaired) electrons. The summed E-state index contributed by atoms with van der Waals surface area (Å²) in [4.78, 5) is 26.9. The molecule has 0 aromatic heterocycles. The van der Waals surface area contributed by atoms with Crippen LogP contribution in [0.1, 0.15) is 43.5 Å². The number of rotatable bonds is 3. The van der Waals surface area contributed by atoms with Gasteiger partial charge in [0.2, 0.25) is 0 Å². The molecule has 6 nitrogen and oxygen atoms in total. The average molecular weight is 330 g/mol. The summed E-state index contributed by atoms with van der Waals surface area (Å²) in [5.41, 5.74) is 1.27. The van der Waals surface area contributed by atoms with Gasteiger partial charge in [0, 0.05) is 35.9 Å². The maximum absolute atomic E-state index is 13.0. The van der Waals surface area contributed by atoms with Crippen LogP contribution in [0.25, 0.3) is 0 Å². The first-order chi connectivity index (χ1) is 11.5. The molecule has 1 aromatic carbocycles. The molecule has 3 amide bonds. The van der Waals surface area contributed by atoms with Gasteiger partial charge in [0.15, 0.2) is 0 Å². The van der Waals surface area contributed by atoms with E-state index >= 15 is 0 Å². The number of amides is 3. The summed E-state index contributed by atoms with van der Waals surface area (Å²) in [5, 5.41) is 8.98. The lowest BCUT2D eigenvalue weighted by atomic mass is 10.1. The Hall–Kier alpha value is -2.08. The predicted molar refractivity (Wildman–Crippen MR) is 94.2 cm³/mol. The summed E-state index contributed by atoms with van der Waals surface area (Å²) < 4.78 is 0. The van der Waals surface area contributed by atoms with E-state index in [0.717, 1.165) is 32.4 Å². The third-order valence-electron chi connectivity index (χ3n) is 4.68. The molecule has 130 valence electrons. The molecule has 0 aliphatic carbocycles. The Kier molecular flexibility index (Phi) is 5.04. The van der Waals surface area contributed by atoms with E-state index in [0.29, 0.717) is 17.3 Å². The number of carbonyl (C=O) groups excluding carboxylic acids is 2. The van der Waals surface area contributed by atoms with Gasteiger partial charge in [0.1, 0.15) is 0 Å². The summed E-state index contributed by atoms with van der Waals surface area (Å²) in [6, 6.07) is 7.63. The van der Waals surface area contributed by atoms with Gasteiger partial charge in [-0.1, -0.05) is 6.07 Å². The minimum atomic E-state index is -0.256. The second-order valence-corrected chi connectivity index (χ2v) is 6.92. The van der Waals surface area contributed by atoms with Gasteiger partial charge in [-0.05, 0) is 57.9 Å². The van der Waals surface area contributed by atoms with Crippen LogP contribution in [0.4, 0.5) is 10.5 Å².